The summed E-state index contributed by atoms with van der Waals surface area (Å²) in [6, 6.07) is 0. The minimum atomic E-state index is -1.62. The lowest BCUT2D eigenvalue weighted by atomic mass is 10.0. The summed E-state index contributed by atoms with van der Waals surface area (Å²) in [5.74, 6) is -2.30. The Hall–Kier alpha value is -2.49. The van der Waals surface area contributed by atoms with Crippen LogP contribution in [0, 0.1) is 0 Å². The van der Waals surface area contributed by atoms with Crippen molar-refractivity contribution in [2.45, 2.75) is 206 Å². The van der Waals surface area contributed by atoms with Crippen molar-refractivity contribution in [2.24, 2.45) is 0 Å². The van der Waals surface area contributed by atoms with Gasteiger partial charge in [0.15, 0.2) is 12.4 Å². The molecule has 0 spiro atoms. The molecule has 9 nitrogen and oxygen atoms in total. The first-order valence-corrected chi connectivity index (χ1v) is 23.1. The Kier molecular flexibility index (Phi) is 38.5. The van der Waals surface area contributed by atoms with Gasteiger partial charge in [0.25, 0.3) is 0 Å². The number of carbonyl (C=O) groups is 3. The topological polar surface area (TPSA) is 111 Å². The molecule has 0 rings (SSSR count). The van der Waals surface area contributed by atoms with Crippen LogP contribution >= 0.6 is 0 Å². The van der Waals surface area contributed by atoms with Gasteiger partial charge in [0.1, 0.15) is 13.2 Å². The van der Waals surface area contributed by atoms with Crippen molar-refractivity contribution in [3.05, 3.63) is 36.5 Å². The lowest BCUT2D eigenvalue weighted by molar-refractivity contribution is -0.870. The summed E-state index contributed by atoms with van der Waals surface area (Å²) in [6.07, 6.45) is 42.0. The monoisotopic (exact) mass is 806 g/mol. The molecule has 0 aromatic carbocycles. The van der Waals surface area contributed by atoms with Crippen LogP contribution in [0.3, 0.4) is 0 Å². The summed E-state index contributed by atoms with van der Waals surface area (Å²) in [6.45, 7) is 4.67. The summed E-state index contributed by atoms with van der Waals surface area (Å²) >= 11 is 0. The Labute approximate surface area is 350 Å². The van der Waals surface area contributed by atoms with Crippen LogP contribution in [0.4, 0.5) is 0 Å². The molecule has 9 heteroatoms. The molecule has 0 saturated carbocycles. The summed E-state index contributed by atoms with van der Waals surface area (Å²) < 4.78 is 22.5. The van der Waals surface area contributed by atoms with E-state index in [9.17, 15) is 19.5 Å². The van der Waals surface area contributed by atoms with Crippen LogP contribution in [-0.4, -0.2) is 82.3 Å². The number of carboxylic acid groups (broad SMARTS) is 1. The van der Waals surface area contributed by atoms with E-state index >= 15 is 0 Å². The zero-order valence-corrected chi connectivity index (χ0v) is 37.5. The predicted octanol–water partition coefficient (Wildman–Crippen LogP) is 10.9. The van der Waals surface area contributed by atoms with E-state index in [4.69, 9.17) is 18.9 Å². The minimum Gasteiger partial charge on any atom is -0.545 e. The van der Waals surface area contributed by atoms with E-state index in [1.54, 1.807) is 0 Å². The number of unbranched alkanes of at least 4 members (excludes halogenated alkanes) is 21. The molecule has 2 unspecified atom stereocenters. The van der Waals surface area contributed by atoms with Gasteiger partial charge in [-0.1, -0.05) is 166 Å². The number of likely N-dealkylation sites (N-methyl/N-ethyl adjacent to an activating group) is 1. The number of quaternary nitrogens is 1. The van der Waals surface area contributed by atoms with Gasteiger partial charge in [-0.2, -0.15) is 0 Å². The van der Waals surface area contributed by atoms with Crippen LogP contribution < -0.4 is 5.11 Å². The van der Waals surface area contributed by atoms with Crippen LogP contribution in [0.25, 0.3) is 0 Å². The van der Waals surface area contributed by atoms with Crippen molar-refractivity contribution in [2.75, 3.05) is 47.5 Å². The maximum atomic E-state index is 12.7. The van der Waals surface area contributed by atoms with E-state index in [2.05, 4.69) is 50.3 Å². The van der Waals surface area contributed by atoms with Crippen molar-refractivity contribution < 1.29 is 42.9 Å². The Balaban J connectivity index is 4.22. The highest BCUT2D eigenvalue weighted by Crippen LogP contribution is 2.14. The second-order valence-electron chi connectivity index (χ2n) is 16.7. The predicted molar refractivity (Wildman–Crippen MR) is 232 cm³/mol. The Morgan fingerprint density at radius 3 is 1.40 bits per heavy atom. The average molecular weight is 806 g/mol. The fraction of sp³-hybridized carbons (Fsp3) is 0.812. The molecular weight excluding hydrogens is 719 g/mol. The highest BCUT2D eigenvalue weighted by Gasteiger charge is 2.21. The average Bonchev–Trinajstić information content (AvgIpc) is 3.17. The summed E-state index contributed by atoms with van der Waals surface area (Å²) in [5.41, 5.74) is 0. The first-order chi connectivity index (χ1) is 27.6. The molecule has 0 aromatic heterocycles. The Morgan fingerprint density at radius 2 is 0.947 bits per heavy atom. The molecule has 0 saturated heterocycles. The molecule has 0 aliphatic heterocycles. The quantitative estimate of drug-likeness (QED) is 0.0197. The van der Waals surface area contributed by atoms with Gasteiger partial charge in [0, 0.05) is 12.8 Å². The number of allylic oxidation sites excluding steroid dienone is 6. The Morgan fingerprint density at radius 1 is 0.526 bits per heavy atom. The Bertz CT molecular complexity index is 1030. The van der Waals surface area contributed by atoms with Gasteiger partial charge >= 0.3 is 11.9 Å². The maximum absolute atomic E-state index is 12.7. The smallest absolute Gasteiger partial charge is 0.306 e. The third-order valence-corrected chi connectivity index (χ3v) is 9.89. The third kappa shape index (κ3) is 41.5. The summed E-state index contributed by atoms with van der Waals surface area (Å²) in [5, 5.41) is 11.7. The fourth-order valence-electron chi connectivity index (χ4n) is 6.25. The number of hydrogen-bond acceptors (Lipinski definition) is 8. The molecule has 0 aliphatic rings. The van der Waals surface area contributed by atoms with E-state index < -0.39 is 24.3 Å². The standard InChI is InChI=1S/C48H87NO8/c1-6-8-10-12-14-15-16-17-18-19-20-21-22-23-24-25-26-27-28-29-30-31-33-35-37-39-46(51)57-44(42-55-45(50)38-36-34-32-13-11-9-7-2)43-56-48(47(52)53)54-41-40-49(3,4)5/h16-17,19-20,22-23,44,48H,6-15,18,21,24-43H2,1-5H3/b17-16-,20-19-,23-22-. The fourth-order valence-corrected chi connectivity index (χ4v) is 6.25. The molecule has 0 N–H and O–H groups in total. The van der Waals surface area contributed by atoms with Crippen molar-refractivity contribution in [3.63, 3.8) is 0 Å². The first-order valence-electron chi connectivity index (χ1n) is 23.1. The molecule has 57 heavy (non-hydrogen) atoms. The van der Waals surface area contributed by atoms with Gasteiger partial charge in [-0.15, -0.1) is 0 Å². The van der Waals surface area contributed by atoms with E-state index in [1.165, 1.54) is 109 Å². The molecule has 2 atom stereocenters. The van der Waals surface area contributed by atoms with Crippen LogP contribution in [-0.2, 0) is 33.3 Å². The normalized spacial score (nSPS) is 13.2. The number of ether oxygens (including phenoxy) is 4. The molecular formula is C48H87NO8. The van der Waals surface area contributed by atoms with Crippen LogP contribution in [0.5, 0.6) is 0 Å². The molecule has 0 amide bonds. The molecule has 0 fully saturated rings. The number of carboxylic acids is 1. The number of esters is 2. The number of aliphatic carboxylic acids is 1. The maximum Gasteiger partial charge on any atom is 0.306 e. The molecule has 0 aliphatic carbocycles. The molecule has 332 valence electrons. The van der Waals surface area contributed by atoms with Crippen LogP contribution in [0.1, 0.15) is 194 Å². The van der Waals surface area contributed by atoms with Crippen molar-refractivity contribution in [1.82, 2.24) is 0 Å². The van der Waals surface area contributed by atoms with Gasteiger partial charge in [-0.25, -0.2) is 0 Å². The SMILES string of the molecule is CCCCCCC/C=C\C/C=C\C/C=C\CCCCCCCCCCCCC(=O)OC(COC(=O)CCCCCCCCC)COC(OCC[N+](C)(C)C)C(=O)[O-]. The zero-order valence-electron chi connectivity index (χ0n) is 37.5. The third-order valence-electron chi connectivity index (χ3n) is 9.89. The van der Waals surface area contributed by atoms with Gasteiger partial charge in [0.05, 0.1) is 40.3 Å². The number of carbonyl (C=O) groups excluding carboxylic acids is 3. The minimum absolute atomic E-state index is 0.147. The molecule has 0 bridgehead atoms. The lowest BCUT2D eigenvalue weighted by Crippen LogP contribution is -2.44. The van der Waals surface area contributed by atoms with Gasteiger partial charge in [0.2, 0.25) is 0 Å². The highest BCUT2D eigenvalue weighted by molar-refractivity contribution is 5.70. The van der Waals surface area contributed by atoms with Gasteiger partial charge in [-0.3, -0.25) is 9.59 Å². The van der Waals surface area contributed by atoms with Crippen LogP contribution in [0.2, 0.25) is 0 Å². The van der Waals surface area contributed by atoms with E-state index in [0.29, 0.717) is 23.9 Å². The second kappa shape index (κ2) is 40.3. The summed E-state index contributed by atoms with van der Waals surface area (Å²) in [7, 11) is 5.90. The van der Waals surface area contributed by atoms with E-state index in [-0.39, 0.29) is 32.2 Å². The summed E-state index contributed by atoms with van der Waals surface area (Å²) in [4.78, 5) is 36.8. The van der Waals surface area contributed by atoms with Crippen LogP contribution in [0.15, 0.2) is 36.5 Å². The van der Waals surface area contributed by atoms with E-state index in [0.717, 1.165) is 51.4 Å². The van der Waals surface area contributed by atoms with Crippen molar-refractivity contribution in [1.29, 1.82) is 0 Å². The first kappa shape index (κ1) is 54.5. The molecule has 0 heterocycles. The molecule has 0 aromatic rings. The molecule has 0 radical (unpaired) electrons. The van der Waals surface area contributed by atoms with Crippen molar-refractivity contribution in [3.8, 4) is 0 Å². The second-order valence-corrected chi connectivity index (χ2v) is 16.7. The largest absolute Gasteiger partial charge is 0.545 e. The number of hydrogen-bond donors (Lipinski definition) is 0. The van der Waals surface area contributed by atoms with Gasteiger partial charge < -0.3 is 33.3 Å². The highest BCUT2D eigenvalue weighted by atomic mass is 16.7. The zero-order chi connectivity index (χ0) is 42.1. The van der Waals surface area contributed by atoms with E-state index in [1.807, 2.05) is 21.1 Å². The number of rotatable bonds is 42. The number of nitrogens with zero attached hydrogens (tertiary/aromatic N) is 1. The van der Waals surface area contributed by atoms with Crippen molar-refractivity contribution >= 4 is 17.9 Å². The lowest BCUT2D eigenvalue weighted by Gasteiger charge is -2.26. The van der Waals surface area contributed by atoms with Gasteiger partial charge in [-0.05, 0) is 51.4 Å².